The highest BCUT2D eigenvalue weighted by molar-refractivity contribution is 5.82. The lowest BCUT2D eigenvalue weighted by Gasteiger charge is -2.42. The molecule has 4 atom stereocenters. The lowest BCUT2D eigenvalue weighted by molar-refractivity contribution is -0.126. The van der Waals surface area contributed by atoms with E-state index in [1.165, 1.54) is 18.4 Å². The van der Waals surface area contributed by atoms with Crippen molar-refractivity contribution in [3.63, 3.8) is 0 Å². The molecular formula is C17H23NO. The van der Waals surface area contributed by atoms with Crippen LogP contribution in [0.3, 0.4) is 0 Å². The zero-order valence-electron chi connectivity index (χ0n) is 11.9. The number of nitrogens with zero attached hydrogens (tertiary/aromatic N) is 1. The third kappa shape index (κ3) is 2.12. The van der Waals surface area contributed by atoms with Gasteiger partial charge >= 0.3 is 0 Å². The Kier molecular flexibility index (Phi) is 3.44. The van der Waals surface area contributed by atoms with Crippen LogP contribution >= 0.6 is 0 Å². The molecule has 0 amide bonds. The molecule has 2 aliphatic rings. The number of Topliss-reactive ketones (excluding diaryl/α,β-unsaturated/α-hetero) is 1. The molecule has 1 aromatic rings. The summed E-state index contributed by atoms with van der Waals surface area (Å²) in [5.41, 5.74) is 1.36. The van der Waals surface area contributed by atoms with E-state index < -0.39 is 0 Å². The Morgan fingerprint density at radius 2 is 2.00 bits per heavy atom. The van der Waals surface area contributed by atoms with E-state index in [1.54, 1.807) is 0 Å². The molecule has 1 aromatic carbocycles. The van der Waals surface area contributed by atoms with Crippen LogP contribution in [0.1, 0.15) is 44.1 Å². The van der Waals surface area contributed by atoms with Crippen molar-refractivity contribution in [1.29, 1.82) is 0 Å². The van der Waals surface area contributed by atoms with Crippen LogP contribution in [0.25, 0.3) is 0 Å². The fraction of sp³-hybridized carbons (Fsp3) is 0.588. The molecule has 0 aliphatic carbocycles. The summed E-state index contributed by atoms with van der Waals surface area (Å²) in [4.78, 5) is 14.9. The molecule has 19 heavy (non-hydrogen) atoms. The first-order chi connectivity index (χ1) is 9.22. The van der Waals surface area contributed by atoms with Crippen LogP contribution in [0.2, 0.25) is 0 Å². The Morgan fingerprint density at radius 1 is 1.26 bits per heavy atom. The van der Waals surface area contributed by atoms with Gasteiger partial charge in [0.05, 0.1) is 0 Å². The monoisotopic (exact) mass is 257 g/mol. The van der Waals surface area contributed by atoms with Gasteiger partial charge in [-0.2, -0.15) is 0 Å². The Balaban J connectivity index is 1.96. The number of fused-ring (bicyclic) bond motifs is 2. The van der Waals surface area contributed by atoms with Crippen LogP contribution in [0, 0.1) is 5.92 Å². The Labute approximate surface area is 115 Å². The molecule has 2 fully saturated rings. The van der Waals surface area contributed by atoms with Crippen LogP contribution in [-0.2, 0) is 4.79 Å². The van der Waals surface area contributed by atoms with Gasteiger partial charge in [-0.15, -0.1) is 0 Å². The molecule has 2 heteroatoms. The van der Waals surface area contributed by atoms with Crippen molar-refractivity contribution >= 4 is 5.78 Å². The highest BCUT2D eigenvalue weighted by atomic mass is 16.1. The summed E-state index contributed by atoms with van der Waals surface area (Å²) in [7, 11) is 2.21. The summed E-state index contributed by atoms with van der Waals surface area (Å²) in [6, 6.07) is 11.8. The third-order valence-corrected chi connectivity index (χ3v) is 5.22. The number of carbonyl (C=O) groups is 1. The van der Waals surface area contributed by atoms with E-state index in [0.29, 0.717) is 30.2 Å². The number of hydrogen-bond acceptors (Lipinski definition) is 2. The van der Waals surface area contributed by atoms with Crippen molar-refractivity contribution in [1.82, 2.24) is 4.90 Å². The quantitative estimate of drug-likeness (QED) is 0.828. The summed E-state index contributed by atoms with van der Waals surface area (Å²) in [5.74, 6) is 1.09. The number of hydrogen-bond donors (Lipinski definition) is 0. The SMILES string of the molecule is CCC(=O)C1C(c2ccccc2)CC2CCC1N2C. The summed E-state index contributed by atoms with van der Waals surface area (Å²) in [5, 5.41) is 0. The number of rotatable bonds is 3. The van der Waals surface area contributed by atoms with Crippen LogP contribution in [0.5, 0.6) is 0 Å². The first kappa shape index (κ1) is 12.9. The smallest absolute Gasteiger partial charge is 0.137 e. The maximum atomic E-state index is 12.5. The molecular weight excluding hydrogens is 234 g/mol. The molecule has 4 unspecified atom stereocenters. The predicted octanol–water partition coefficient (Wildman–Crippen LogP) is 3.23. The largest absolute Gasteiger partial charge is 0.300 e. The van der Waals surface area contributed by atoms with E-state index in [4.69, 9.17) is 0 Å². The normalized spacial score (nSPS) is 34.4. The second-order valence-electron chi connectivity index (χ2n) is 6.06. The average molecular weight is 257 g/mol. The molecule has 0 radical (unpaired) electrons. The molecule has 0 N–H and O–H groups in total. The van der Waals surface area contributed by atoms with Gasteiger partial charge in [0.15, 0.2) is 0 Å². The lowest BCUT2D eigenvalue weighted by Crippen LogP contribution is -2.48. The van der Waals surface area contributed by atoms with E-state index in [0.717, 1.165) is 6.42 Å². The third-order valence-electron chi connectivity index (χ3n) is 5.22. The van der Waals surface area contributed by atoms with Crippen molar-refractivity contribution in [3.8, 4) is 0 Å². The second-order valence-corrected chi connectivity index (χ2v) is 6.06. The molecule has 2 heterocycles. The van der Waals surface area contributed by atoms with Gasteiger partial charge in [0.1, 0.15) is 5.78 Å². The standard InChI is InChI=1S/C17H23NO/c1-3-16(19)17-14(12-7-5-4-6-8-12)11-13-9-10-15(17)18(13)2/h4-8,13-15,17H,3,9-11H2,1-2H3. The minimum Gasteiger partial charge on any atom is -0.300 e. The van der Waals surface area contributed by atoms with Gasteiger partial charge < -0.3 is 0 Å². The van der Waals surface area contributed by atoms with E-state index in [-0.39, 0.29) is 5.92 Å². The molecule has 2 aliphatic heterocycles. The minimum atomic E-state index is 0.205. The van der Waals surface area contributed by atoms with Gasteiger partial charge in [0.25, 0.3) is 0 Å². The first-order valence-corrected chi connectivity index (χ1v) is 7.52. The zero-order valence-corrected chi connectivity index (χ0v) is 11.9. The fourth-order valence-corrected chi connectivity index (χ4v) is 4.18. The Bertz CT molecular complexity index is 456. The van der Waals surface area contributed by atoms with Gasteiger partial charge in [-0.05, 0) is 37.8 Å². The molecule has 2 saturated heterocycles. The fourth-order valence-electron chi connectivity index (χ4n) is 4.18. The van der Waals surface area contributed by atoms with Gasteiger partial charge in [-0.3, -0.25) is 9.69 Å². The number of benzene rings is 1. The average Bonchev–Trinajstić information content (AvgIpc) is 2.70. The van der Waals surface area contributed by atoms with Gasteiger partial charge in [0, 0.05) is 24.4 Å². The van der Waals surface area contributed by atoms with Crippen LogP contribution < -0.4 is 0 Å². The second kappa shape index (κ2) is 5.09. The summed E-state index contributed by atoms with van der Waals surface area (Å²) < 4.78 is 0. The van der Waals surface area contributed by atoms with E-state index in [2.05, 4.69) is 42.3 Å². The Hall–Kier alpha value is -1.15. The van der Waals surface area contributed by atoms with E-state index in [1.807, 2.05) is 6.92 Å². The maximum Gasteiger partial charge on any atom is 0.137 e. The first-order valence-electron chi connectivity index (χ1n) is 7.52. The zero-order chi connectivity index (χ0) is 13.4. The molecule has 102 valence electrons. The van der Waals surface area contributed by atoms with Crippen molar-refractivity contribution in [2.75, 3.05) is 7.05 Å². The number of piperidine rings is 1. The minimum absolute atomic E-state index is 0.205. The summed E-state index contributed by atoms with van der Waals surface area (Å²) in [6.45, 7) is 2.01. The highest BCUT2D eigenvalue weighted by Gasteiger charge is 2.48. The molecule has 0 saturated carbocycles. The Morgan fingerprint density at radius 3 is 2.68 bits per heavy atom. The maximum absolute atomic E-state index is 12.5. The lowest BCUT2D eigenvalue weighted by atomic mass is 9.73. The van der Waals surface area contributed by atoms with Gasteiger partial charge in [-0.25, -0.2) is 0 Å². The molecule has 0 aromatic heterocycles. The van der Waals surface area contributed by atoms with E-state index in [9.17, 15) is 4.79 Å². The molecule has 3 rings (SSSR count). The van der Waals surface area contributed by atoms with Gasteiger partial charge in [-0.1, -0.05) is 37.3 Å². The van der Waals surface area contributed by atoms with E-state index >= 15 is 0 Å². The van der Waals surface area contributed by atoms with Gasteiger partial charge in [0.2, 0.25) is 0 Å². The highest BCUT2D eigenvalue weighted by Crippen LogP contribution is 2.46. The summed E-state index contributed by atoms with van der Waals surface area (Å²) >= 11 is 0. The van der Waals surface area contributed by atoms with Crippen molar-refractivity contribution in [3.05, 3.63) is 35.9 Å². The topological polar surface area (TPSA) is 20.3 Å². The van der Waals surface area contributed by atoms with Crippen molar-refractivity contribution in [2.24, 2.45) is 5.92 Å². The predicted molar refractivity (Wildman–Crippen MR) is 77.2 cm³/mol. The van der Waals surface area contributed by atoms with Crippen molar-refractivity contribution < 1.29 is 4.79 Å². The summed E-state index contributed by atoms with van der Waals surface area (Å²) in [6.07, 6.45) is 4.27. The van der Waals surface area contributed by atoms with Crippen LogP contribution in [0.4, 0.5) is 0 Å². The van der Waals surface area contributed by atoms with Crippen LogP contribution in [0.15, 0.2) is 30.3 Å². The van der Waals surface area contributed by atoms with Crippen molar-refractivity contribution in [2.45, 2.75) is 50.6 Å². The molecule has 2 bridgehead atoms. The number of carbonyl (C=O) groups excluding carboxylic acids is 1. The molecule has 2 nitrogen and oxygen atoms in total. The number of ketones is 1. The van der Waals surface area contributed by atoms with Crippen LogP contribution in [-0.4, -0.2) is 29.8 Å². The molecule has 0 spiro atoms.